The Labute approximate surface area is 72.8 Å². The molecule has 0 aliphatic carbocycles. The maximum absolute atomic E-state index is 11.5. The van der Waals surface area contributed by atoms with E-state index in [2.05, 4.69) is 6.92 Å². The average molecular weight is 162 g/mol. The number of hydrogen-bond donors (Lipinski definition) is 0. The minimum Gasteiger partial charge on any atom is -0.342 e. The normalized spacial score (nSPS) is 9.50. The first-order chi connectivity index (χ1) is 5.75. The maximum atomic E-state index is 11.5. The maximum Gasteiger partial charge on any atom is 0.253 e. The van der Waals surface area contributed by atoms with Crippen LogP contribution in [0.1, 0.15) is 10.4 Å². The van der Waals surface area contributed by atoms with Gasteiger partial charge in [0.25, 0.3) is 5.91 Å². The molecule has 0 saturated heterocycles. The summed E-state index contributed by atoms with van der Waals surface area (Å²) in [7, 11) is 1.74. The van der Waals surface area contributed by atoms with Crippen molar-refractivity contribution >= 4 is 5.91 Å². The van der Waals surface area contributed by atoms with E-state index in [4.69, 9.17) is 0 Å². The van der Waals surface area contributed by atoms with Gasteiger partial charge in [0.15, 0.2) is 0 Å². The van der Waals surface area contributed by atoms with Crippen LogP contribution in [0.5, 0.6) is 0 Å². The van der Waals surface area contributed by atoms with Crippen molar-refractivity contribution in [3.05, 3.63) is 42.8 Å². The van der Waals surface area contributed by atoms with E-state index in [1.165, 1.54) is 0 Å². The van der Waals surface area contributed by atoms with E-state index in [-0.39, 0.29) is 5.91 Å². The van der Waals surface area contributed by atoms with Crippen LogP contribution in [0.2, 0.25) is 0 Å². The zero-order chi connectivity index (χ0) is 8.97. The molecule has 0 aromatic heterocycles. The number of hydrogen-bond acceptors (Lipinski definition) is 1. The first-order valence-corrected chi connectivity index (χ1v) is 3.85. The number of amides is 1. The summed E-state index contributed by atoms with van der Waals surface area (Å²) in [5.74, 6) is 0.0191. The van der Waals surface area contributed by atoms with Gasteiger partial charge in [-0.15, -0.1) is 0 Å². The molecule has 1 rings (SSSR count). The van der Waals surface area contributed by atoms with Gasteiger partial charge in [-0.2, -0.15) is 0 Å². The third-order valence-corrected chi connectivity index (χ3v) is 1.70. The second-order valence-electron chi connectivity index (χ2n) is 2.59. The SMILES string of the molecule is [CH2]CN(C)C(=O)c1ccccc1. The molecule has 1 amide bonds. The first kappa shape index (κ1) is 8.78. The summed E-state index contributed by atoms with van der Waals surface area (Å²) in [5, 5.41) is 0. The van der Waals surface area contributed by atoms with Crippen LogP contribution in [0, 0.1) is 6.92 Å². The van der Waals surface area contributed by atoms with Crippen LogP contribution >= 0.6 is 0 Å². The van der Waals surface area contributed by atoms with Crippen LogP contribution in [-0.4, -0.2) is 24.4 Å². The molecule has 0 bridgehead atoms. The second kappa shape index (κ2) is 3.90. The van der Waals surface area contributed by atoms with Crippen LogP contribution < -0.4 is 0 Å². The lowest BCUT2D eigenvalue weighted by atomic mass is 10.2. The highest BCUT2D eigenvalue weighted by atomic mass is 16.2. The zero-order valence-corrected chi connectivity index (χ0v) is 7.16. The highest BCUT2D eigenvalue weighted by Gasteiger charge is 2.07. The molecule has 0 saturated carbocycles. The van der Waals surface area contributed by atoms with E-state index in [1.54, 1.807) is 24.1 Å². The summed E-state index contributed by atoms with van der Waals surface area (Å²) in [6, 6.07) is 9.19. The molecule has 12 heavy (non-hydrogen) atoms. The lowest BCUT2D eigenvalue weighted by Gasteiger charge is -2.13. The highest BCUT2D eigenvalue weighted by molar-refractivity contribution is 5.93. The van der Waals surface area contributed by atoms with E-state index in [0.717, 1.165) is 0 Å². The molecule has 0 fully saturated rings. The van der Waals surface area contributed by atoms with Crippen LogP contribution in [0.4, 0.5) is 0 Å². The molecule has 0 aliphatic rings. The molecule has 1 aromatic carbocycles. The minimum absolute atomic E-state index is 0.0191. The fourth-order valence-electron chi connectivity index (χ4n) is 0.903. The van der Waals surface area contributed by atoms with Crippen molar-refractivity contribution in [2.45, 2.75) is 0 Å². The molecule has 0 unspecified atom stereocenters. The highest BCUT2D eigenvalue weighted by Crippen LogP contribution is 2.01. The number of nitrogens with zero attached hydrogens (tertiary/aromatic N) is 1. The Hall–Kier alpha value is -1.31. The number of carbonyl (C=O) groups is 1. The van der Waals surface area contributed by atoms with Crippen LogP contribution in [0.15, 0.2) is 30.3 Å². The Balaban J connectivity index is 2.79. The van der Waals surface area contributed by atoms with Gasteiger partial charge in [0.05, 0.1) is 0 Å². The van der Waals surface area contributed by atoms with Crippen molar-refractivity contribution in [1.29, 1.82) is 0 Å². The van der Waals surface area contributed by atoms with Gasteiger partial charge in [0.1, 0.15) is 0 Å². The number of benzene rings is 1. The summed E-state index contributed by atoms with van der Waals surface area (Å²) in [6.07, 6.45) is 0. The van der Waals surface area contributed by atoms with Crippen molar-refractivity contribution < 1.29 is 4.79 Å². The Morgan fingerprint density at radius 2 is 2.00 bits per heavy atom. The Morgan fingerprint density at radius 1 is 1.42 bits per heavy atom. The third kappa shape index (κ3) is 1.84. The molecule has 0 aliphatic heterocycles. The molecular weight excluding hydrogens is 150 g/mol. The van der Waals surface area contributed by atoms with Crippen LogP contribution in [-0.2, 0) is 0 Å². The zero-order valence-electron chi connectivity index (χ0n) is 7.16. The monoisotopic (exact) mass is 162 g/mol. The van der Waals surface area contributed by atoms with Crippen molar-refractivity contribution in [1.82, 2.24) is 4.90 Å². The Kier molecular flexibility index (Phi) is 2.86. The van der Waals surface area contributed by atoms with E-state index >= 15 is 0 Å². The first-order valence-electron chi connectivity index (χ1n) is 3.85. The van der Waals surface area contributed by atoms with Crippen LogP contribution in [0.3, 0.4) is 0 Å². The second-order valence-corrected chi connectivity index (χ2v) is 2.59. The lowest BCUT2D eigenvalue weighted by Crippen LogP contribution is -2.26. The molecule has 2 nitrogen and oxygen atoms in total. The van der Waals surface area contributed by atoms with Gasteiger partial charge < -0.3 is 4.90 Å². The fourth-order valence-corrected chi connectivity index (χ4v) is 0.903. The largest absolute Gasteiger partial charge is 0.342 e. The van der Waals surface area contributed by atoms with Crippen molar-refractivity contribution in [2.75, 3.05) is 13.6 Å². The lowest BCUT2D eigenvalue weighted by molar-refractivity contribution is 0.0809. The molecular formula is C10H12NO. The van der Waals surface area contributed by atoms with Gasteiger partial charge in [-0.25, -0.2) is 0 Å². The van der Waals surface area contributed by atoms with E-state index in [1.807, 2.05) is 18.2 Å². The van der Waals surface area contributed by atoms with Gasteiger partial charge in [-0.1, -0.05) is 18.2 Å². The topological polar surface area (TPSA) is 20.3 Å². The minimum atomic E-state index is 0.0191. The standard InChI is InChI=1S/C10H12NO/c1-3-11(2)10(12)9-7-5-4-6-8-9/h4-8H,1,3H2,2H3. The summed E-state index contributed by atoms with van der Waals surface area (Å²) in [4.78, 5) is 13.0. The summed E-state index contributed by atoms with van der Waals surface area (Å²) < 4.78 is 0. The van der Waals surface area contributed by atoms with Gasteiger partial charge in [0.2, 0.25) is 0 Å². The predicted octanol–water partition coefficient (Wildman–Crippen LogP) is 1.59. The molecule has 0 atom stereocenters. The van der Waals surface area contributed by atoms with Crippen molar-refractivity contribution in [2.24, 2.45) is 0 Å². The molecule has 1 aromatic rings. The summed E-state index contributed by atoms with van der Waals surface area (Å²) in [5.41, 5.74) is 0.712. The summed E-state index contributed by atoms with van der Waals surface area (Å²) >= 11 is 0. The van der Waals surface area contributed by atoms with Crippen molar-refractivity contribution in [3.8, 4) is 0 Å². The number of rotatable bonds is 2. The van der Waals surface area contributed by atoms with E-state index in [9.17, 15) is 4.79 Å². The molecule has 1 radical (unpaired) electrons. The predicted molar refractivity (Wildman–Crippen MR) is 48.8 cm³/mol. The average Bonchev–Trinajstić information content (AvgIpc) is 2.17. The van der Waals surface area contributed by atoms with E-state index in [0.29, 0.717) is 12.1 Å². The third-order valence-electron chi connectivity index (χ3n) is 1.70. The Morgan fingerprint density at radius 3 is 2.50 bits per heavy atom. The molecule has 0 N–H and O–H groups in total. The Bertz CT molecular complexity index is 256. The smallest absolute Gasteiger partial charge is 0.253 e. The number of carbonyl (C=O) groups excluding carboxylic acids is 1. The fraction of sp³-hybridized carbons (Fsp3) is 0.200. The van der Waals surface area contributed by atoms with Gasteiger partial charge in [-0.3, -0.25) is 4.79 Å². The molecule has 63 valence electrons. The van der Waals surface area contributed by atoms with Crippen molar-refractivity contribution in [3.63, 3.8) is 0 Å². The van der Waals surface area contributed by atoms with Crippen LogP contribution in [0.25, 0.3) is 0 Å². The quantitative estimate of drug-likeness (QED) is 0.646. The molecule has 0 spiro atoms. The molecule has 0 heterocycles. The van der Waals surface area contributed by atoms with E-state index < -0.39 is 0 Å². The van der Waals surface area contributed by atoms with Gasteiger partial charge in [0, 0.05) is 19.2 Å². The van der Waals surface area contributed by atoms with Gasteiger partial charge in [-0.05, 0) is 19.1 Å². The summed E-state index contributed by atoms with van der Waals surface area (Å²) in [6.45, 7) is 4.13. The molecule has 2 heteroatoms. The van der Waals surface area contributed by atoms with Gasteiger partial charge >= 0.3 is 0 Å².